The first kappa shape index (κ1) is 22.2. The molecule has 1 fully saturated rings. The van der Waals surface area contributed by atoms with Gasteiger partial charge in [0.25, 0.3) is 0 Å². The third-order valence-electron chi connectivity index (χ3n) is 5.58. The highest BCUT2D eigenvalue weighted by molar-refractivity contribution is 7.89. The van der Waals surface area contributed by atoms with Gasteiger partial charge in [0.05, 0.1) is 4.90 Å². The van der Waals surface area contributed by atoms with Gasteiger partial charge in [-0.25, -0.2) is 13.4 Å². The second kappa shape index (κ2) is 8.84. The van der Waals surface area contributed by atoms with Crippen LogP contribution in [-0.4, -0.2) is 54.1 Å². The third-order valence-corrected chi connectivity index (χ3v) is 7.79. The van der Waals surface area contributed by atoms with Crippen LogP contribution >= 0.6 is 0 Å². The van der Waals surface area contributed by atoms with E-state index in [2.05, 4.69) is 25.4 Å². The molecule has 3 heterocycles. The molecule has 0 atom stereocenters. The number of nitrogens with zero attached hydrogens (tertiary/aromatic N) is 5. The Kier molecular flexibility index (Phi) is 6.12. The lowest BCUT2D eigenvalue weighted by molar-refractivity contribution is 0.383. The smallest absolute Gasteiger partial charge is 0.243 e. The van der Waals surface area contributed by atoms with E-state index < -0.39 is 10.0 Å². The van der Waals surface area contributed by atoms with Crippen molar-refractivity contribution < 1.29 is 8.42 Å². The molecule has 0 unspecified atom stereocenters. The molecule has 4 rings (SSSR count). The van der Waals surface area contributed by atoms with Crippen molar-refractivity contribution in [2.24, 2.45) is 0 Å². The van der Waals surface area contributed by atoms with Crippen molar-refractivity contribution in [3.63, 3.8) is 0 Å². The number of sulfonamides is 1. The first-order valence-corrected chi connectivity index (χ1v) is 12.0. The standard InChI is InChI=1S/C23H28N6O2S/c1-16-5-6-20(24-15-16)25-21-7-8-22(27-26-21)28-9-11-29(12-10-28)32(30,31)23-18(3)13-17(2)14-19(23)4/h5-8,13-15H,9-12H2,1-4H3,(H,24,25,26). The molecule has 1 N–H and O–H groups in total. The molecular weight excluding hydrogens is 424 g/mol. The van der Waals surface area contributed by atoms with Gasteiger partial charge in [-0.2, -0.15) is 4.31 Å². The first-order chi connectivity index (χ1) is 15.2. The van der Waals surface area contributed by atoms with Crippen molar-refractivity contribution in [2.75, 3.05) is 36.4 Å². The predicted molar refractivity (Wildman–Crippen MR) is 126 cm³/mol. The van der Waals surface area contributed by atoms with E-state index in [1.807, 2.05) is 64.1 Å². The molecule has 1 aromatic carbocycles. The summed E-state index contributed by atoms with van der Waals surface area (Å²) in [6.07, 6.45) is 1.79. The Morgan fingerprint density at radius 1 is 0.812 bits per heavy atom. The van der Waals surface area contributed by atoms with Crippen LogP contribution in [0.4, 0.5) is 17.5 Å². The maximum Gasteiger partial charge on any atom is 0.243 e. The molecular formula is C23H28N6O2S. The van der Waals surface area contributed by atoms with E-state index >= 15 is 0 Å². The highest BCUT2D eigenvalue weighted by Gasteiger charge is 2.31. The molecule has 0 radical (unpaired) electrons. The summed E-state index contributed by atoms with van der Waals surface area (Å²) in [6.45, 7) is 9.62. The molecule has 168 valence electrons. The highest BCUT2D eigenvalue weighted by Crippen LogP contribution is 2.27. The zero-order valence-electron chi connectivity index (χ0n) is 18.8. The number of nitrogens with one attached hydrogen (secondary N) is 1. The summed E-state index contributed by atoms with van der Waals surface area (Å²) in [5.41, 5.74) is 3.74. The fraction of sp³-hybridized carbons (Fsp3) is 0.348. The molecule has 0 aliphatic carbocycles. The van der Waals surface area contributed by atoms with E-state index in [1.165, 1.54) is 0 Å². The Morgan fingerprint density at radius 3 is 2.03 bits per heavy atom. The molecule has 9 heteroatoms. The summed E-state index contributed by atoms with van der Waals surface area (Å²) >= 11 is 0. The van der Waals surface area contributed by atoms with Gasteiger partial charge in [-0.05, 0) is 62.6 Å². The Hall–Kier alpha value is -3.04. The van der Waals surface area contributed by atoms with Gasteiger partial charge in [0.15, 0.2) is 11.6 Å². The molecule has 2 aromatic heterocycles. The van der Waals surface area contributed by atoms with Crippen molar-refractivity contribution in [2.45, 2.75) is 32.6 Å². The van der Waals surface area contributed by atoms with Crippen molar-refractivity contribution in [3.8, 4) is 0 Å². The average molecular weight is 453 g/mol. The second-order valence-electron chi connectivity index (χ2n) is 8.24. The number of pyridine rings is 1. The first-order valence-electron chi connectivity index (χ1n) is 10.6. The lowest BCUT2D eigenvalue weighted by Gasteiger charge is -2.35. The van der Waals surface area contributed by atoms with Crippen LogP contribution in [0.2, 0.25) is 0 Å². The maximum absolute atomic E-state index is 13.3. The monoisotopic (exact) mass is 452 g/mol. The number of aryl methyl sites for hydroxylation is 4. The fourth-order valence-electron chi connectivity index (χ4n) is 4.09. The van der Waals surface area contributed by atoms with Gasteiger partial charge in [0.1, 0.15) is 5.82 Å². The lowest BCUT2D eigenvalue weighted by atomic mass is 10.1. The van der Waals surface area contributed by atoms with Crippen LogP contribution in [0.1, 0.15) is 22.3 Å². The van der Waals surface area contributed by atoms with Crippen molar-refractivity contribution in [1.82, 2.24) is 19.5 Å². The zero-order valence-corrected chi connectivity index (χ0v) is 19.6. The Morgan fingerprint density at radius 2 is 1.47 bits per heavy atom. The molecule has 3 aromatic rings. The zero-order chi connectivity index (χ0) is 22.9. The molecule has 1 aliphatic heterocycles. The number of benzene rings is 1. The molecule has 1 aliphatic rings. The van der Waals surface area contributed by atoms with Gasteiger partial charge < -0.3 is 10.2 Å². The maximum atomic E-state index is 13.3. The Bertz CT molecular complexity index is 1180. The van der Waals surface area contributed by atoms with Crippen LogP contribution in [0.25, 0.3) is 0 Å². The number of rotatable bonds is 5. The summed E-state index contributed by atoms with van der Waals surface area (Å²) in [6, 6.07) is 11.5. The van der Waals surface area contributed by atoms with Gasteiger partial charge in [-0.1, -0.05) is 23.8 Å². The van der Waals surface area contributed by atoms with Gasteiger partial charge in [0.2, 0.25) is 10.0 Å². The predicted octanol–water partition coefficient (Wildman–Crippen LogP) is 3.36. The minimum Gasteiger partial charge on any atom is -0.352 e. The van der Waals surface area contributed by atoms with Crippen molar-refractivity contribution >= 4 is 27.5 Å². The Balaban J connectivity index is 1.42. The van der Waals surface area contributed by atoms with E-state index in [4.69, 9.17) is 0 Å². The van der Waals surface area contributed by atoms with Crippen LogP contribution in [-0.2, 0) is 10.0 Å². The van der Waals surface area contributed by atoms with Crippen LogP contribution < -0.4 is 10.2 Å². The molecule has 1 saturated heterocycles. The van der Waals surface area contributed by atoms with E-state index in [1.54, 1.807) is 10.5 Å². The number of anilines is 3. The van der Waals surface area contributed by atoms with E-state index in [0.717, 1.165) is 28.1 Å². The molecule has 0 saturated carbocycles. The van der Waals surface area contributed by atoms with Crippen molar-refractivity contribution in [1.29, 1.82) is 0 Å². The van der Waals surface area contributed by atoms with E-state index in [9.17, 15) is 8.42 Å². The van der Waals surface area contributed by atoms with Crippen LogP contribution in [0.3, 0.4) is 0 Å². The molecule has 0 spiro atoms. The van der Waals surface area contributed by atoms with Crippen LogP contribution in [0.5, 0.6) is 0 Å². The SMILES string of the molecule is Cc1ccc(Nc2ccc(N3CCN(S(=O)(=O)c4c(C)cc(C)cc4C)CC3)nn2)nc1. The highest BCUT2D eigenvalue weighted by atomic mass is 32.2. The topological polar surface area (TPSA) is 91.3 Å². The van der Waals surface area contributed by atoms with Gasteiger partial charge in [-0.15, -0.1) is 10.2 Å². The molecule has 0 bridgehead atoms. The normalized spacial score (nSPS) is 15.1. The fourth-order valence-corrected chi connectivity index (χ4v) is 5.93. The summed E-state index contributed by atoms with van der Waals surface area (Å²) < 4.78 is 28.1. The van der Waals surface area contributed by atoms with Gasteiger partial charge in [0, 0.05) is 32.4 Å². The number of hydrogen-bond donors (Lipinski definition) is 1. The lowest BCUT2D eigenvalue weighted by Crippen LogP contribution is -2.49. The quantitative estimate of drug-likeness (QED) is 0.635. The summed E-state index contributed by atoms with van der Waals surface area (Å²) in [5.74, 6) is 2.04. The van der Waals surface area contributed by atoms with E-state index in [0.29, 0.717) is 42.7 Å². The molecule has 32 heavy (non-hydrogen) atoms. The molecule has 0 amide bonds. The minimum atomic E-state index is -3.54. The minimum absolute atomic E-state index is 0.407. The second-order valence-corrected chi connectivity index (χ2v) is 10.1. The van der Waals surface area contributed by atoms with Crippen molar-refractivity contribution in [3.05, 3.63) is 64.8 Å². The summed E-state index contributed by atoms with van der Waals surface area (Å²) in [5, 5.41) is 11.7. The molecule has 8 nitrogen and oxygen atoms in total. The number of hydrogen-bond acceptors (Lipinski definition) is 7. The largest absolute Gasteiger partial charge is 0.352 e. The summed E-state index contributed by atoms with van der Waals surface area (Å²) in [7, 11) is -3.54. The van der Waals surface area contributed by atoms with Gasteiger partial charge in [-0.3, -0.25) is 0 Å². The van der Waals surface area contributed by atoms with Crippen LogP contribution in [0, 0.1) is 27.7 Å². The number of aromatic nitrogens is 3. The van der Waals surface area contributed by atoms with Crippen LogP contribution in [0.15, 0.2) is 47.5 Å². The summed E-state index contributed by atoms with van der Waals surface area (Å²) in [4.78, 5) is 6.79. The Labute approximate surface area is 189 Å². The average Bonchev–Trinajstić information content (AvgIpc) is 2.75. The van der Waals surface area contributed by atoms with E-state index in [-0.39, 0.29) is 0 Å². The number of piperazine rings is 1. The van der Waals surface area contributed by atoms with Gasteiger partial charge >= 0.3 is 0 Å². The third kappa shape index (κ3) is 4.58.